The minimum absolute atomic E-state index is 0.132. The summed E-state index contributed by atoms with van der Waals surface area (Å²) in [7, 11) is -0.617. The van der Waals surface area contributed by atoms with Gasteiger partial charge in [-0.05, 0) is 48.7 Å². The predicted octanol–water partition coefficient (Wildman–Crippen LogP) is 3.04. The Hall–Kier alpha value is -3.04. The van der Waals surface area contributed by atoms with Gasteiger partial charge in [-0.2, -0.15) is 4.98 Å². The summed E-state index contributed by atoms with van der Waals surface area (Å²) in [6.07, 6.45) is 2.61. The van der Waals surface area contributed by atoms with Crippen molar-refractivity contribution in [2.24, 2.45) is 0 Å². The lowest BCUT2D eigenvalue weighted by molar-refractivity contribution is 0.102. The Labute approximate surface area is 175 Å². The predicted molar refractivity (Wildman–Crippen MR) is 111 cm³/mol. The van der Waals surface area contributed by atoms with Gasteiger partial charge in [-0.3, -0.25) is 4.79 Å². The Morgan fingerprint density at radius 3 is 2.50 bits per heavy atom. The minimum atomic E-state index is -3.54. The molecule has 1 saturated carbocycles. The molecular weight excluding hydrogens is 404 g/mol. The molecule has 1 fully saturated rings. The van der Waals surface area contributed by atoms with Crippen LogP contribution in [0.15, 0.2) is 57.9 Å². The molecule has 1 N–H and O–H groups in total. The van der Waals surface area contributed by atoms with Crippen molar-refractivity contribution in [3.05, 3.63) is 71.4 Å². The van der Waals surface area contributed by atoms with Crippen molar-refractivity contribution >= 4 is 21.6 Å². The molecule has 0 unspecified atom stereocenters. The van der Waals surface area contributed by atoms with E-state index < -0.39 is 10.0 Å². The highest BCUT2D eigenvalue weighted by Crippen LogP contribution is 2.38. The summed E-state index contributed by atoms with van der Waals surface area (Å²) in [6, 6.07) is 13.2. The van der Waals surface area contributed by atoms with Gasteiger partial charge in [0.25, 0.3) is 5.91 Å². The number of aromatic nitrogens is 2. The van der Waals surface area contributed by atoms with E-state index in [9.17, 15) is 13.2 Å². The summed E-state index contributed by atoms with van der Waals surface area (Å²) in [6.45, 7) is 0. The normalized spacial score (nSPS) is 14.1. The zero-order valence-electron chi connectivity index (χ0n) is 16.7. The molecule has 1 aliphatic rings. The standard InChI is InChI=1S/C21H22N4O4S/c1-25(2)30(27,28)17-11-9-15(10-12-17)21(26)22-18-6-4-3-5-16(18)13-19-23-20(24-29-19)14-7-8-14/h3-6,9-12,14H,7-8,13H2,1-2H3,(H,22,26). The molecule has 0 bridgehead atoms. The van der Waals surface area contributed by atoms with Crippen LogP contribution < -0.4 is 5.32 Å². The molecule has 2 aromatic carbocycles. The molecule has 1 heterocycles. The molecule has 8 nitrogen and oxygen atoms in total. The fourth-order valence-electron chi connectivity index (χ4n) is 2.99. The molecular formula is C21H22N4O4S. The van der Waals surface area contributed by atoms with Crippen molar-refractivity contribution < 1.29 is 17.7 Å². The maximum atomic E-state index is 12.7. The van der Waals surface area contributed by atoms with Gasteiger partial charge in [0.1, 0.15) is 0 Å². The van der Waals surface area contributed by atoms with Crippen molar-refractivity contribution in [2.75, 3.05) is 19.4 Å². The molecule has 9 heteroatoms. The van der Waals surface area contributed by atoms with Crippen molar-refractivity contribution in [1.82, 2.24) is 14.4 Å². The van der Waals surface area contributed by atoms with Crippen molar-refractivity contribution in [1.29, 1.82) is 0 Å². The molecule has 30 heavy (non-hydrogen) atoms. The van der Waals surface area contributed by atoms with Gasteiger partial charge in [0.05, 0.1) is 11.3 Å². The number of para-hydroxylation sites is 1. The lowest BCUT2D eigenvalue weighted by Crippen LogP contribution is -2.22. The lowest BCUT2D eigenvalue weighted by atomic mass is 10.1. The first-order valence-corrected chi connectivity index (χ1v) is 11.0. The molecule has 0 spiro atoms. The second kappa shape index (κ2) is 8.00. The average Bonchev–Trinajstić information content (AvgIpc) is 3.48. The highest BCUT2D eigenvalue weighted by Gasteiger charge is 2.28. The smallest absolute Gasteiger partial charge is 0.255 e. The maximum Gasteiger partial charge on any atom is 0.255 e. The van der Waals surface area contributed by atoms with Crippen molar-refractivity contribution in [2.45, 2.75) is 30.1 Å². The van der Waals surface area contributed by atoms with Crippen LogP contribution in [0.25, 0.3) is 0 Å². The number of anilines is 1. The van der Waals surface area contributed by atoms with Gasteiger partial charge in [-0.25, -0.2) is 12.7 Å². The zero-order chi connectivity index (χ0) is 21.3. The van der Waals surface area contributed by atoms with Crippen LogP contribution in [-0.2, 0) is 16.4 Å². The Balaban J connectivity index is 1.49. The Morgan fingerprint density at radius 2 is 1.83 bits per heavy atom. The van der Waals surface area contributed by atoms with Gasteiger partial charge in [-0.1, -0.05) is 23.4 Å². The van der Waals surface area contributed by atoms with E-state index in [4.69, 9.17) is 4.52 Å². The van der Waals surface area contributed by atoms with Gasteiger partial charge in [0, 0.05) is 31.3 Å². The number of carbonyl (C=O) groups excluding carboxylic acids is 1. The van der Waals surface area contributed by atoms with E-state index >= 15 is 0 Å². The zero-order valence-corrected chi connectivity index (χ0v) is 17.5. The van der Waals surface area contributed by atoms with E-state index in [-0.39, 0.29) is 10.8 Å². The molecule has 0 radical (unpaired) electrons. The number of nitrogens with zero attached hydrogens (tertiary/aromatic N) is 3. The Bertz CT molecular complexity index is 1170. The van der Waals surface area contributed by atoms with Crippen LogP contribution in [0.2, 0.25) is 0 Å². The van der Waals surface area contributed by atoms with Crippen LogP contribution in [0.5, 0.6) is 0 Å². The van der Waals surface area contributed by atoms with Crippen LogP contribution in [-0.4, -0.2) is 42.9 Å². The Kier molecular flexibility index (Phi) is 5.40. The summed E-state index contributed by atoms with van der Waals surface area (Å²) in [4.78, 5) is 17.3. The third-order valence-electron chi connectivity index (χ3n) is 4.93. The summed E-state index contributed by atoms with van der Waals surface area (Å²) in [5.41, 5.74) is 1.85. The summed E-state index contributed by atoms with van der Waals surface area (Å²) in [5.74, 6) is 1.34. The molecule has 1 aromatic heterocycles. The van der Waals surface area contributed by atoms with Crippen LogP contribution in [0.4, 0.5) is 5.69 Å². The number of rotatable bonds is 7. The quantitative estimate of drug-likeness (QED) is 0.623. The number of amides is 1. The van der Waals surface area contributed by atoms with Crippen LogP contribution in [0, 0.1) is 0 Å². The van der Waals surface area contributed by atoms with Gasteiger partial charge in [-0.15, -0.1) is 0 Å². The second-order valence-electron chi connectivity index (χ2n) is 7.42. The van der Waals surface area contributed by atoms with E-state index in [0.717, 1.165) is 28.5 Å². The number of sulfonamides is 1. The van der Waals surface area contributed by atoms with Gasteiger partial charge in [0.2, 0.25) is 15.9 Å². The number of nitrogens with one attached hydrogen (secondary N) is 1. The third kappa shape index (κ3) is 4.27. The number of hydrogen-bond acceptors (Lipinski definition) is 6. The molecule has 1 aliphatic carbocycles. The third-order valence-corrected chi connectivity index (χ3v) is 6.76. The van der Waals surface area contributed by atoms with Gasteiger partial charge < -0.3 is 9.84 Å². The Morgan fingerprint density at radius 1 is 1.13 bits per heavy atom. The van der Waals surface area contributed by atoms with E-state index in [1.165, 1.54) is 38.4 Å². The maximum absolute atomic E-state index is 12.7. The first kappa shape index (κ1) is 20.2. The fraction of sp³-hybridized carbons (Fsp3) is 0.286. The van der Waals surface area contributed by atoms with E-state index in [0.29, 0.717) is 29.5 Å². The van der Waals surface area contributed by atoms with E-state index in [1.807, 2.05) is 18.2 Å². The van der Waals surface area contributed by atoms with E-state index in [1.54, 1.807) is 6.07 Å². The molecule has 4 rings (SSSR count). The summed E-state index contributed by atoms with van der Waals surface area (Å²) >= 11 is 0. The van der Waals surface area contributed by atoms with Crippen LogP contribution in [0.1, 0.15) is 46.4 Å². The van der Waals surface area contributed by atoms with Crippen LogP contribution in [0.3, 0.4) is 0 Å². The van der Waals surface area contributed by atoms with Crippen molar-refractivity contribution in [3.8, 4) is 0 Å². The highest BCUT2D eigenvalue weighted by molar-refractivity contribution is 7.89. The average molecular weight is 426 g/mol. The van der Waals surface area contributed by atoms with Crippen molar-refractivity contribution in [3.63, 3.8) is 0 Å². The largest absolute Gasteiger partial charge is 0.339 e. The minimum Gasteiger partial charge on any atom is -0.339 e. The number of hydrogen-bond donors (Lipinski definition) is 1. The van der Waals surface area contributed by atoms with Crippen LogP contribution >= 0.6 is 0 Å². The SMILES string of the molecule is CN(C)S(=O)(=O)c1ccc(C(=O)Nc2ccccc2Cc2nc(C3CC3)no2)cc1. The molecule has 0 aliphatic heterocycles. The topological polar surface area (TPSA) is 105 Å². The molecule has 0 saturated heterocycles. The first-order valence-electron chi connectivity index (χ1n) is 9.59. The molecule has 3 aromatic rings. The number of benzene rings is 2. The van der Waals surface area contributed by atoms with Gasteiger partial charge >= 0.3 is 0 Å². The molecule has 1 amide bonds. The summed E-state index contributed by atoms with van der Waals surface area (Å²) < 4.78 is 30.8. The molecule has 0 atom stereocenters. The monoisotopic (exact) mass is 426 g/mol. The molecule has 156 valence electrons. The number of carbonyl (C=O) groups is 1. The fourth-order valence-corrected chi connectivity index (χ4v) is 3.89. The first-order chi connectivity index (χ1) is 14.3. The lowest BCUT2D eigenvalue weighted by Gasteiger charge is -2.12. The summed E-state index contributed by atoms with van der Waals surface area (Å²) in [5, 5.41) is 6.91. The highest BCUT2D eigenvalue weighted by atomic mass is 32.2. The van der Waals surface area contributed by atoms with E-state index in [2.05, 4.69) is 15.5 Å². The van der Waals surface area contributed by atoms with Gasteiger partial charge in [0.15, 0.2) is 5.82 Å². The second-order valence-corrected chi connectivity index (χ2v) is 9.57.